The number of amides is 4. The van der Waals surface area contributed by atoms with Crippen LogP contribution in [-0.4, -0.2) is 60.0 Å². The standard InChI is InChI=1S/C34H49N7O3S2/c1-2-40-21-15-24-26(33(46-28(24)23-40)41-19-10-11-20-41)22-38-34(44)39-32-30(25-12-5-6-13-27(25)45-32)31(43)37-18-9-8-17-36-29(42)14-4-3-7-16-35/h10-11,19-20H,2-9,12-18,21-23,35H2,1H3,(H,36,42)(H,37,43)(H2,38,39,44). The van der Waals surface area contributed by atoms with Gasteiger partial charge in [-0.15, -0.1) is 22.7 Å². The first-order chi connectivity index (χ1) is 22.5. The van der Waals surface area contributed by atoms with Crippen LogP contribution in [0.3, 0.4) is 0 Å². The second-order valence-electron chi connectivity index (χ2n) is 12.1. The van der Waals surface area contributed by atoms with Gasteiger partial charge in [0.25, 0.3) is 5.91 Å². The molecule has 4 heterocycles. The van der Waals surface area contributed by atoms with Gasteiger partial charge in [-0.05, 0) is 94.1 Å². The maximum Gasteiger partial charge on any atom is 0.320 e. The van der Waals surface area contributed by atoms with Crippen LogP contribution in [0, 0.1) is 0 Å². The normalized spacial score (nSPS) is 14.4. The number of thiophene rings is 2. The molecule has 0 aromatic carbocycles. The molecule has 0 radical (unpaired) electrons. The van der Waals surface area contributed by atoms with E-state index >= 15 is 0 Å². The molecule has 1 aliphatic heterocycles. The molecule has 1 aliphatic carbocycles. The Balaban J connectivity index is 1.17. The lowest BCUT2D eigenvalue weighted by molar-refractivity contribution is -0.121. The largest absolute Gasteiger partial charge is 0.356 e. The van der Waals surface area contributed by atoms with Crippen LogP contribution in [0.4, 0.5) is 9.80 Å². The highest BCUT2D eigenvalue weighted by Crippen LogP contribution is 2.39. The van der Waals surface area contributed by atoms with Crippen LogP contribution in [0.1, 0.15) is 95.1 Å². The van der Waals surface area contributed by atoms with E-state index in [2.05, 4.69) is 50.1 Å². The molecule has 250 valence electrons. The van der Waals surface area contributed by atoms with Crippen molar-refractivity contribution in [2.45, 2.75) is 90.6 Å². The summed E-state index contributed by atoms with van der Waals surface area (Å²) in [5, 5.41) is 14.0. The van der Waals surface area contributed by atoms with Crippen molar-refractivity contribution in [3.63, 3.8) is 0 Å². The van der Waals surface area contributed by atoms with E-state index in [1.165, 1.54) is 32.2 Å². The van der Waals surface area contributed by atoms with Gasteiger partial charge in [0.05, 0.1) is 5.56 Å². The zero-order chi connectivity index (χ0) is 32.3. The molecule has 10 nitrogen and oxygen atoms in total. The predicted octanol–water partition coefficient (Wildman–Crippen LogP) is 5.32. The third-order valence-electron chi connectivity index (χ3n) is 8.88. The zero-order valence-electron chi connectivity index (χ0n) is 27.1. The Kier molecular flexibility index (Phi) is 12.7. The lowest BCUT2D eigenvalue weighted by Gasteiger charge is -2.25. The number of anilines is 1. The molecule has 5 rings (SSSR count). The summed E-state index contributed by atoms with van der Waals surface area (Å²) in [5.74, 6) is -0.0659. The summed E-state index contributed by atoms with van der Waals surface area (Å²) in [6.45, 7) is 7.40. The number of aromatic nitrogens is 1. The highest BCUT2D eigenvalue weighted by atomic mass is 32.1. The van der Waals surface area contributed by atoms with Gasteiger partial charge in [0.1, 0.15) is 10.0 Å². The molecule has 0 atom stereocenters. The van der Waals surface area contributed by atoms with Gasteiger partial charge in [-0.2, -0.15) is 0 Å². The molecule has 0 unspecified atom stereocenters. The van der Waals surface area contributed by atoms with Gasteiger partial charge in [-0.3, -0.25) is 19.8 Å². The van der Waals surface area contributed by atoms with Crippen LogP contribution in [0.25, 0.3) is 5.00 Å². The van der Waals surface area contributed by atoms with E-state index in [1.807, 2.05) is 23.5 Å². The fourth-order valence-corrected chi connectivity index (χ4v) is 8.97. The maximum atomic E-state index is 13.5. The fourth-order valence-electron chi connectivity index (χ4n) is 6.31. The molecular formula is C34H49N7O3S2. The van der Waals surface area contributed by atoms with Gasteiger partial charge < -0.3 is 26.3 Å². The SMILES string of the molecule is CCN1CCc2c(sc(-n3cccc3)c2CNC(=O)Nc2sc3c(c2C(=O)NCCCCNC(=O)CCCCCN)CCCC3)C1. The van der Waals surface area contributed by atoms with Crippen molar-refractivity contribution in [2.24, 2.45) is 5.73 Å². The number of aryl methyl sites for hydroxylation is 1. The lowest BCUT2D eigenvalue weighted by Crippen LogP contribution is -2.32. The average molecular weight is 668 g/mol. The van der Waals surface area contributed by atoms with E-state index in [0.29, 0.717) is 43.2 Å². The molecule has 0 saturated carbocycles. The Morgan fingerprint density at radius 1 is 0.870 bits per heavy atom. The van der Waals surface area contributed by atoms with E-state index < -0.39 is 0 Å². The third-order valence-corrected chi connectivity index (χ3v) is 11.4. The molecule has 3 aromatic heterocycles. The highest BCUT2D eigenvalue weighted by Gasteiger charge is 2.27. The van der Waals surface area contributed by atoms with E-state index in [1.54, 1.807) is 0 Å². The molecule has 2 aliphatic rings. The van der Waals surface area contributed by atoms with E-state index in [0.717, 1.165) is 94.4 Å². The molecule has 3 aromatic rings. The Morgan fingerprint density at radius 2 is 1.65 bits per heavy atom. The second kappa shape index (κ2) is 17.1. The van der Waals surface area contributed by atoms with Crippen molar-refractivity contribution >= 4 is 45.5 Å². The number of carbonyl (C=O) groups excluding carboxylic acids is 3. The molecule has 0 bridgehead atoms. The van der Waals surface area contributed by atoms with Gasteiger partial charge in [0.15, 0.2) is 0 Å². The van der Waals surface area contributed by atoms with Gasteiger partial charge in [-0.25, -0.2) is 4.79 Å². The number of hydrogen-bond donors (Lipinski definition) is 5. The zero-order valence-corrected chi connectivity index (χ0v) is 28.7. The Hall–Kier alpha value is -3.19. The number of urea groups is 1. The third kappa shape index (κ3) is 8.78. The summed E-state index contributed by atoms with van der Waals surface area (Å²) >= 11 is 3.35. The summed E-state index contributed by atoms with van der Waals surface area (Å²) in [4.78, 5) is 43.8. The number of nitrogens with two attached hydrogens (primary N) is 1. The minimum atomic E-state index is -0.296. The van der Waals surface area contributed by atoms with Crippen molar-refractivity contribution in [1.29, 1.82) is 0 Å². The van der Waals surface area contributed by atoms with E-state index in [9.17, 15) is 14.4 Å². The molecule has 6 N–H and O–H groups in total. The van der Waals surface area contributed by atoms with Gasteiger partial charge >= 0.3 is 6.03 Å². The summed E-state index contributed by atoms with van der Waals surface area (Å²) in [6, 6.07) is 3.75. The number of carbonyl (C=O) groups is 3. The van der Waals surface area contributed by atoms with E-state index in [-0.39, 0.29) is 17.8 Å². The first kappa shape index (κ1) is 34.2. The van der Waals surface area contributed by atoms with Gasteiger partial charge in [0.2, 0.25) is 5.91 Å². The maximum absolute atomic E-state index is 13.5. The number of fused-ring (bicyclic) bond motifs is 2. The topological polar surface area (TPSA) is 134 Å². The summed E-state index contributed by atoms with van der Waals surface area (Å²) in [7, 11) is 0. The van der Waals surface area contributed by atoms with Crippen LogP contribution in [0.15, 0.2) is 24.5 Å². The molecule has 12 heteroatoms. The van der Waals surface area contributed by atoms with Gasteiger partial charge in [0, 0.05) is 66.9 Å². The van der Waals surface area contributed by atoms with Crippen LogP contribution >= 0.6 is 22.7 Å². The van der Waals surface area contributed by atoms with Crippen molar-refractivity contribution in [3.05, 3.63) is 56.5 Å². The average Bonchev–Trinajstić information content (AvgIpc) is 3.80. The molecule has 4 amide bonds. The predicted molar refractivity (Wildman–Crippen MR) is 187 cm³/mol. The van der Waals surface area contributed by atoms with Crippen molar-refractivity contribution in [2.75, 3.05) is 38.0 Å². The second-order valence-corrected chi connectivity index (χ2v) is 14.3. The summed E-state index contributed by atoms with van der Waals surface area (Å²) in [6.07, 6.45) is 13.9. The summed E-state index contributed by atoms with van der Waals surface area (Å²) in [5.41, 5.74) is 9.73. The molecule has 0 spiro atoms. The first-order valence-electron chi connectivity index (χ1n) is 16.9. The van der Waals surface area contributed by atoms with E-state index in [4.69, 9.17) is 5.73 Å². The molecular weight excluding hydrogens is 619 g/mol. The highest BCUT2D eigenvalue weighted by molar-refractivity contribution is 7.17. The van der Waals surface area contributed by atoms with Crippen LogP contribution < -0.4 is 27.0 Å². The van der Waals surface area contributed by atoms with Crippen molar-refractivity contribution in [1.82, 2.24) is 25.4 Å². The number of nitrogens with zero attached hydrogens (tertiary/aromatic N) is 2. The van der Waals surface area contributed by atoms with Crippen LogP contribution in [-0.2, 0) is 37.1 Å². The molecule has 46 heavy (non-hydrogen) atoms. The first-order valence-corrected chi connectivity index (χ1v) is 18.5. The minimum absolute atomic E-state index is 0.0721. The smallest absolute Gasteiger partial charge is 0.320 e. The number of likely N-dealkylation sites (N-methyl/N-ethyl adjacent to an activating group) is 1. The monoisotopic (exact) mass is 667 g/mol. The van der Waals surface area contributed by atoms with Crippen LogP contribution in [0.5, 0.6) is 0 Å². The molecule has 0 fully saturated rings. The lowest BCUT2D eigenvalue weighted by atomic mass is 9.95. The Morgan fingerprint density at radius 3 is 2.43 bits per heavy atom. The van der Waals surface area contributed by atoms with Crippen molar-refractivity contribution < 1.29 is 14.4 Å². The Labute approximate surface area is 280 Å². The number of unbranched alkanes of at least 4 members (excludes halogenated alkanes) is 3. The molecule has 0 saturated heterocycles. The minimum Gasteiger partial charge on any atom is -0.356 e. The van der Waals surface area contributed by atoms with Crippen molar-refractivity contribution in [3.8, 4) is 5.00 Å². The van der Waals surface area contributed by atoms with Crippen LogP contribution in [0.2, 0.25) is 0 Å². The van der Waals surface area contributed by atoms with Gasteiger partial charge in [-0.1, -0.05) is 13.3 Å². The summed E-state index contributed by atoms with van der Waals surface area (Å²) < 4.78 is 2.14. The quantitative estimate of drug-likeness (QED) is 0.132. The Bertz CT molecular complexity index is 1460. The number of rotatable bonds is 16. The number of nitrogens with one attached hydrogen (secondary N) is 4. The number of hydrogen-bond acceptors (Lipinski definition) is 7. The fraction of sp³-hybridized carbons (Fsp3) is 0.559.